The van der Waals surface area contributed by atoms with E-state index in [1.54, 1.807) is 0 Å². The molecule has 0 saturated carbocycles. The van der Waals surface area contributed by atoms with Crippen LogP contribution in [0.5, 0.6) is 0 Å². The van der Waals surface area contributed by atoms with Gasteiger partial charge >= 0.3 is 6.03 Å². The summed E-state index contributed by atoms with van der Waals surface area (Å²) in [5, 5.41) is 5.68. The molecule has 0 radical (unpaired) electrons. The van der Waals surface area contributed by atoms with E-state index in [1.807, 2.05) is 48.5 Å². The van der Waals surface area contributed by atoms with Crippen molar-refractivity contribution in [1.82, 2.24) is 5.32 Å². The fourth-order valence-electron chi connectivity index (χ4n) is 1.84. The van der Waals surface area contributed by atoms with Gasteiger partial charge in [-0.1, -0.05) is 55.5 Å². The fourth-order valence-corrected chi connectivity index (χ4v) is 1.84. The molecule has 0 heterocycles. The second-order valence-corrected chi connectivity index (χ2v) is 4.51. The van der Waals surface area contributed by atoms with Crippen molar-refractivity contribution in [2.24, 2.45) is 0 Å². The number of rotatable bonds is 4. The number of urea groups is 1. The molecule has 98 valence electrons. The molecule has 0 aromatic heterocycles. The zero-order valence-electron chi connectivity index (χ0n) is 11.0. The molecule has 2 aromatic carbocycles. The summed E-state index contributed by atoms with van der Waals surface area (Å²) in [6.45, 7) is 2.71. The topological polar surface area (TPSA) is 41.1 Å². The first-order valence-electron chi connectivity index (χ1n) is 6.40. The molecule has 0 bridgehead atoms. The van der Waals surface area contributed by atoms with Gasteiger partial charge in [0.2, 0.25) is 0 Å². The van der Waals surface area contributed by atoms with E-state index in [0.29, 0.717) is 12.5 Å². The largest absolute Gasteiger partial charge is 0.337 e. The van der Waals surface area contributed by atoms with E-state index >= 15 is 0 Å². The lowest BCUT2D eigenvalue weighted by atomic mass is 10.0. The molecule has 0 saturated heterocycles. The molecule has 19 heavy (non-hydrogen) atoms. The molecule has 2 amide bonds. The second-order valence-electron chi connectivity index (χ2n) is 4.51. The average molecular weight is 254 g/mol. The van der Waals surface area contributed by atoms with Gasteiger partial charge in [-0.15, -0.1) is 0 Å². The molecule has 0 aliphatic heterocycles. The number of nitrogens with one attached hydrogen (secondary N) is 2. The highest BCUT2D eigenvalue weighted by Gasteiger charge is 2.07. The summed E-state index contributed by atoms with van der Waals surface area (Å²) in [7, 11) is 0. The normalized spacial score (nSPS) is 11.6. The Balaban J connectivity index is 1.81. The van der Waals surface area contributed by atoms with Crippen molar-refractivity contribution in [1.29, 1.82) is 0 Å². The number of amides is 2. The van der Waals surface area contributed by atoms with E-state index in [-0.39, 0.29) is 6.03 Å². The monoisotopic (exact) mass is 254 g/mol. The summed E-state index contributed by atoms with van der Waals surface area (Å²) >= 11 is 0. The highest BCUT2D eigenvalue weighted by molar-refractivity contribution is 5.89. The number of carbonyl (C=O) groups is 1. The molecule has 2 aromatic rings. The lowest BCUT2D eigenvalue weighted by Crippen LogP contribution is -2.31. The van der Waals surface area contributed by atoms with Crippen LogP contribution in [-0.4, -0.2) is 12.6 Å². The number of hydrogen-bond acceptors (Lipinski definition) is 1. The van der Waals surface area contributed by atoms with Gasteiger partial charge in [0.25, 0.3) is 0 Å². The van der Waals surface area contributed by atoms with Gasteiger partial charge in [-0.3, -0.25) is 0 Å². The maximum absolute atomic E-state index is 11.7. The van der Waals surface area contributed by atoms with Crippen LogP contribution in [0, 0.1) is 0 Å². The van der Waals surface area contributed by atoms with E-state index in [2.05, 4.69) is 29.7 Å². The third-order valence-corrected chi connectivity index (χ3v) is 2.97. The van der Waals surface area contributed by atoms with Crippen LogP contribution in [0.1, 0.15) is 18.4 Å². The number of benzene rings is 2. The van der Waals surface area contributed by atoms with Crippen LogP contribution in [0.2, 0.25) is 0 Å². The summed E-state index contributed by atoms with van der Waals surface area (Å²) in [6.07, 6.45) is 0. The second kappa shape index (κ2) is 6.59. The van der Waals surface area contributed by atoms with E-state index in [9.17, 15) is 4.79 Å². The maximum Gasteiger partial charge on any atom is 0.319 e. The fraction of sp³-hybridized carbons (Fsp3) is 0.188. The van der Waals surface area contributed by atoms with Crippen LogP contribution in [0.25, 0.3) is 0 Å². The van der Waals surface area contributed by atoms with Crippen LogP contribution >= 0.6 is 0 Å². The molecular weight excluding hydrogens is 236 g/mol. The maximum atomic E-state index is 11.7. The Kier molecular flexibility index (Phi) is 4.56. The Labute approximate surface area is 113 Å². The minimum atomic E-state index is -0.172. The number of hydrogen-bond donors (Lipinski definition) is 2. The average Bonchev–Trinajstić information content (AvgIpc) is 2.47. The van der Waals surface area contributed by atoms with Crippen molar-refractivity contribution in [3.8, 4) is 0 Å². The summed E-state index contributed by atoms with van der Waals surface area (Å²) in [6, 6.07) is 19.4. The highest BCUT2D eigenvalue weighted by Crippen LogP contribution is 2.13. The first-order chi connectivity index (χ1) is 9.25. The third-order valence-electron chi connectivity index (χ3n) is 2.97. The summed E-state index contributed by atoms with van der Waals surface area (Å²) < 4.78 is 0. The first kappa shape index (κ1) is 13.1. The molecule has 0 fully saturated rings. The first-order valence-corrected chi connectivity index (χ1v) is 6.40. The van der Waals surface area contributed by atoms with Crippen LogP contribution in [0.15, 0.2) is 60.7 Å². The molecule has 0 unspecified atom stereocenters. The number of para-hydroxylation sites is 1. The zero-order chi connectivity index (χ0) is 13.5. The van der Waals surface area contributed by atoms with Crippen molar-refractivity contribution in [3.05, 3.63) is 66.2 Å². The Morgan fingerprint density at radius 3 is 2.21 bits per heavy atom. The number of anilines is 1. The van der Waals surface area contributed by atoms with Crippen LogP contribution < -0.4 is 10.6 Å². The van der Waals surface area contributed by atoms with Gasteiger partial charge in [-0.2, -0.15) is 0 Å². The summed E-state index contributed by atoms with van der Waals surface area (Å²) in [5.41, 5.74) is 2.02. The van der Waals surface area contributed by atoms with E-state index in [1.165, 1.54) is 5.56 Å². The molecule has 0 aliphatic rings. The third kappa shape index (κ3) is 4.14. The van der Waals surface area contributed by atoms with Crippen LogP contribution in [-0.2, 0) is 0 Å². The van der Waals surface area contributed by atoms with Gasteiger partial charge in [-0.05, 0) is 23.6 Å². The van der Waals surface area contributed by atoms with Gasteiger partial charge < -0.3 is 10.6 Å². The standard InChI is InChI=1S/C16H18N2O/c1-13(14-8-4-2-5-9-14)12-17-16(19)18-15-10-6-3-7-11-15/h2-11,13H,12H2,1H3,(H2,17,18,19)/t13-/m0/s1. The van der Waals surface area contributed by atoms with Crippen LogP contribution in [0.4, 0.5) is 10.5 Å². The van der Waals surface area contributed by atoms with Crippen molar-refractivity contribution >= 4 is 11.7 Å². The molecule has 2 rings (SSSR count). The highest BCUT2D eigenvalue weighted by atomic mass is 16.2. The van der Waals surface area contributed by atoms with Gasteiger partial charge in [0.15, 0.2) is 0 Å². The summed E-state index contributed by atoms with van der Waals surface area (Å²) in [5.74, 6) is 0.294. The van der Waals surface area contributed by atoms with Crippen molar-refractivity contribution in [3.63, 3.8) is 0 Å². The minimum Gasteiger partial charge on any atom is -0.337 e. The van der Waals surface area contributed by atoms with Gasteiger partial charge in [0, 0.05) is 12.2 Å². The Morgan fingerprint density at radius 1 is 1.00 bits per heavy atom. The van der Waals surface area contributed by atoms with Crippen molar-refractivity contribution in [2.75, 3.05) is 11.9 Å². The molecule has 1 atom stereocenters. The molecule has 3 heteroatoms. The molecule has 0 spiro atoms. The van der Waals surface area contributed by atoms with E-state index in [4.69, 9.17) is 0 Å². The van der Waals surface area contributed by atoms with Gasteiger partial charge in [0.1, 0.15) is 0 Å². The van der Waals surface area contributed by atoms with Gasteiger partial charge in [-0.25, -0.2) is 4.79 Å². The molecule has 2 N–H and O–H groups in total. The smallest absolute Gasteiger partial charge is 0.319 e. The predicted octanol–water partition coefficient (Wildman–Crippen LogP) is 3.61. The lowest BCUT2D eigenvalue weighted by molar-refractivity contribution is 0.251. The Bertz CT molecular complexity index is 511. The van der Waals surface area contributed by atoms with Crippen molar-refractivity contribution < 1.29 is 4.79 Å². The van der Waals surface area contributed by atoms with E-state index < -0.39 is 0 Å². The molecule has 0 aliphatic carbocycles. The van der Waals surface area contributed by atoms with Gasteiger partial charge in [0.05, 0.1) is 0 Å². The SMILES string of the molecule is C[C@@H](CNC(=O)Nc1ccccc1)c1ccccc1. The number of carbonyl (C=O) groups excluding carboxylic acids is 1. The van der Waals surface area contributed by atoms with Crippen molar-refractivity contribution in [2.45, 2.75) is 12.8 Å². The molecular formula is C16H18N2O. The molecule has 3 nitrogen and oxygen atoms in total. The minimum absolute atomic E-state index is 0.172. The summed E-state index contributed by atoms with van der Waals surface area (Å²) in [4.78, 5) is 11.7. The van der Waals surface area contributed by atoms with Crippen LogP contribution in [0.3, 0.4) is 0 Å². The Hall–Kier alpha value is -2.29. The Morgan fingerprint density at radius 2 is 1.58 bits per heavy atom. The lowest BCUT2D eigenvalue weighted by Gasteiger charge is -2.13. The zero-order valence-corrected chi connectivity index (χ0v) is 11.0. The van der Waals surface area contributed by atoms with E-state index in [0.717, 1.165) is 5.69 Å². The predicted molar refractivity (Wildman–Crippen MR) is 78.3 cm³/mol. The quantitative estimate of drug-likeness (QED) is 0.859.